The number of methoxy groups -OCH3 is 1. The van der Waals surface area contributed by atoms with Gasteiger partial charge in [0.15, 0.2) is 0 Å². The van der Waals surface area contributed by atoms with Crippen LogP contribution in [0.4, 0.5) is 0 Å². The molecule has 8 nitrogen and oxygen atoms in total. The molecule has 0 bridgehead atoms. The van der Waals surface area contributed by atoms with Gasteiger partial charge in [-0.15, -0.1) is 0 Å². The minimum Gasteiger partial charge on any atom is -0.497 e. The highest BCUT2D eigenvalue weighted by Gasteiger charge is 2.24. The highest BCUT2D eigenvalue weighted by atomic mass is 16.5. The van der Waals surface area contributed by atoms with E-state index in [1.54, 1.807) is 54.5 Å². The molecule has 1 fully saturated rings. The number of para-hydroxylation sites is 1. The second-order valence-corrected chi connectivity index (χ2v) is 7.60. The fraction of sp³-hybridized carbons (Fsp3) is 0.292. The zero-order valence-electron chi connectivity index (χ0n) is 17.9. The molecule has 0 atom stereocenters. The van der Waals surface area contributed by atoms with Gasteiger partial charge < -0.3 is 19.4 Å². The molecule has 0 spiro atoms. The van der Waals surface area contributed by atoms with E-state index in [4.69, 9.17) is 9.15 Å². The molecular formula is C24H25N3O5. The van der Waals surface area contributed by atoms with Crippen LogP contribution >= 0.6 is 0 Å². The van der Waals surface area contributed by atoms with Crippen LogP contribution in [0.1, 0.15) is 20.7 Å². The summed E-state index contributed by atoms with van der Waals surface area (Å²) in [5, 5.41) is 3.64. The maximum absolute atomic E-state index is 12.9. The molecule has 0 unspecified atom stereocenters. The standard InChI is InChI=1S/C24H25N3O5/c1-31-19-8-6-17(7-9-19)22(28)25-10-11-26-12-14-27(15-13-26)23(29)20-16-18-4-2-3-5-21(18)32-24(20)30/h2-9,16H,10-15H2,1H3,(H,25,28). The van der Waals surface area contributed by atoms with E-state index in [1.165, 1.54) is 0 Å². The van der Waals surface area contributed by atoms with E-state index in [-0.39, 0.29) is 17.4 Å². The van der Waals surface area contributed by atoms with E-state index in [0.717, 1.165) is 5.39 Å². The van der Waals surface area contributed by atoms with Gasteiger partial charge in [-0.25, -0.2) is 4.79 Å². The highest BCUT2D eigenvalue weighted by Crippen LogP contribution is 2.15. The van der Waals surface area contributed by atoms with Crippen molar-refractivity contribution >= 4 is 22.8 Å². The van der Waals surface area contributed by atoms with Crippen LogP contribution in [0.15, 0.2) is 63.8 Å². The van der Waals surface area contributed by atoms with Crippen molar-refractivity contribution in [2.75, 3.05) is 46.4 Å². The van der Waals surface area contributed by atoms with E-state index < -0.39 is 5.63 Å². The lowest BCUT2D eigenvalue weighted by atomic mass is 10.1. The third-order valence-corrected chi connectivity index (χ3v) is 5.60. The summed E-state index contributed by atoms with van der Waals surface area (Å²) in [5.41, 5.74) is 0.493. The Kier molecular flexibility index (Phi) is 6.51. The Balaban J connectivity index is 1.27. The van der Waals surface area contributed by atoms with Crippen molar-refractivity contribution in [2.45, 2.75) is 0 Å². The smallest absolute Gasteiger partial charge is 0.349 e. The molecule has 8 heteroatoms. The summed E-state index contributed by atoms with van der Waals surface area (Å²) in [6.45, 7) is 3.55. The average Bonchev–Trinajstić information content (AvgIpc) is 2.83. The monoisotopic (exact) mass is 435 g/mol. The SMILES string of the molecule is COc1ccc(C(=O)NCCN2CCN(C(=O)c3cc4ccccc4oc3=O)CC2)cc1. The number of carbonyl (C=O) groups is 2. The van der Waals surface area contributed by atoms with Gasteiger partial charge in [0.25, 0.3) is 11.8 Å². The zero-order valence-corrected chi connectivity index (χ0v) is 17.9. The summed E-state index contributed by atoms with van der Waals surface area (Å²) in [6.07, 6.45) is 0. The average molecular weight is 435 g/mol. The number of hydrogen-bond donors (Lipinski definition) is 1. The minimum absolute atomic E-state index is 0.0592. The van der Waals surface area contributed by atoms with Gasteiger partial charge in [-0.2, -0.15) is 0 Å². The number of benzene rings is 2. The maximum atomic E-state index is 12.9. The van der Waals surface area contributed by atoms with Crippen LogP contribution < -0.4 is 15.7 Å². The second kappa shape index (κ2) is 9.65. The first-order valence-electron chi connectivity index (χ1n) is 10.5. The molecule has 0 radical (unpaired) electrons. The third kappa shape index (κ3) is 4.81. The fourth-order valence-electron chi connectivity index (χ4n) is 3.73. The van der Waals surface area contributed by atoms with Crippen molar-refractivity contribution in [3.63, 3.8) is 0 Å². The van der Waals surface area contributed by atoms with E-state index in [9.17, 15) is 14.4 Å². The fourth-order valence-corrected chi connectivity index (χ4v) is 3.73. The largest absolute Gasteiger partial charge is 0.497 e. The molecule has 2 amide bonds. The van der Waals surface area contributed by atoms with Gasteiger partial charge in [-0.05, 0) is 36.4 Å². The van der Waals surface area contributed by atoms with Gasteiger partial charge >= 0.3 is 5.63 Å². The molecule has 1 aliphatic rings. The van der Waals surface area contributed by atoms with Gasteiger partial charge in [-0.1, -0.05) is 18.2 Å². The zero-order chi connectivity index (χ0) is 22.5. The van der Waals surface area contributed by atoms with Crippen LogP contribution in [0.3, 0.4) is 0 Å². The van der Waals surface area contributed by atoms with Crippen molar-refractivity contribution in [2.24, 2.45) is 0 Å². The first-order chi connectivity index (χ1) is 15.5. The van der Waals surface area contributed by atoms with Crippen molar-refractivity contribution < 1.29 is 18.7 Å². The Labute approximate surface area is 185 Å². The lowest BCUT2D eigenvalue weighted by Crippen LogP contribution is -2.50. The Bertz CT molecular complexity index is 1160. The number of nitrogens with one attached hydrogen (secondary N) is 1. The molecule has 0 aliphatic carbocycles. The number of piperazine rings is 1. The van der Waals surface area contributed by atoms with Crippen LogP contribution in [0.2, 0.25) is 0 Å². The summed E-state index contributed by atoms with van der Waals surface area (Å²) in [5.74, 6) is 0.261. The quantitative estimate of drug-likeness (QED) is 0.596. The molecule has 1 N–H and O–H groups in total. The number of amides is 2. The van der Waals surface area contributed by atoms with Gasteiger partial charge in [0, 0.05) is 50.2 Å². The predicted octanol–water partition coefficient (Wildman–Crippen LogP) is 1.99. The molecule has 4 rings (SSSR count). The Morgan fingerprint density at radius 1 is 1.03 bits per heavy atom. The summed E-state index contributed by atoms with van der Waals surface area (Å²) in [6, 6.07) is 15.7. The molecule has 3 aromatic rings. The molecular weight excluding hydrogens is 410 g/mol. The van der Waals surface area contributed by atoms with Gasteiger partial charge in [0.1, 0.15) is 16.9 Å². The van der Waals surface area contributed by atoms with Crippen LogP contribution in [-0.4, -0.2) is 68.0 Å². The Morgan fingerprint density at radius 2 is 1.75 bits per heavy atom. The van der Waals surface area contributed by atoms with Crippen LogP contribution in [0, 0.1) is 0 Å². The normalized spacial score (nSPS) is 14.3. The van der Waals surface area contributed by atoms with E-state index >= 15 is 0 Å². The number of hydrogen-bond acceptors (Lipinski definition) is 6. The van der Waals surface area contributed by atoms with E-state index in [1.807, 2.05) is 12.1 Å². The molecule has 0 saturated carbocycles. The number of rotatable bonds is 6. The van der Waals surface area contributed by atoms with Gasteiger partial charge in [0.2, 0.25) is 0 Å². The number of carbonyl (C=O) groups excluding carboxylic acids is 2. The van der Waals surface area contributed by atoms with Crippen molar-refractivity contribution in [3.8, 4) is 5.75 Å². The molecule has 166 valence electrons. The Morgan fingerprint density at radius 3 is 2.47 bits per heavy atom. The number of nitrogens with zero attached hydrogens (tertiary/aromatic N) is 2. The van der Waals surface area contributed by atoms with E-state index in [2.05, 4.69) is 10.2 Å². The molecule has 1 aromatic heterocycles. The summed E-state index contributed by atoms with van der Waals surface area (Å²) >= 11 is 0. The predicted molar refractivity (Wildman–Crippen MR) is 120 cm³/mol. The molecule has 2 aromatic carbocycles. The van der Waals surface area contributed by atoms with Gasteiger partial charge in [0.05, 0.1) is 7.11 Å². The minimum atomic E-state index is -0.614. The second-order valence-electron chi connectivity index (χ2n) is 7.60. The van der Waals surface area contributed by atoms with Gasteiger partial charge in [-0.3, -0.25) is 14.5 Å². The highest BCUT2D eigenvalue weighted by molar-refractivity contribution is 5.96. The Hall–Kier alpha value is -3.65. The first kappa shape index (κ1) is 21.6. The summed E-state index contributed by atoms with van der Waals surface area (Å²) < 4.78 is 10.4. The molecule has 32 heavy (non-hydrogen) atoms. The van der Waals surface area contributed by atoms with Crippen LogP contribution in [0.5, 0.6) is 5.75 Å². The van der Waals surface area contributed by atoms with Crippen molar-refractivity contribution in [1.29, 1.82) is 0 Å². The number of ether oxygens (including phenoxy) is 1. The van der Waals surface area contributed by atoms with Crippen molar-refractivity contribution in [1.82, 2.24) is 15.1 Å². The maximum Gasteiger partial charge on any atom is 0.349 e. The molecule has 1 saturated heterocycles. The van der Waals surface area contributed by atoms with Crippen LogP contribution in [-0.2, 0) is 0 Å². The van der Waals surface area contributed by atoms with E-state index in [0.29, 0.717) is 56.2 Å². The summed E-state index contributed by atoms with van der Waals surface area (Å²) in [7, 11) is 1.58. The molecule has 2 heterocycles. The number of fused-ring (bicyclic) bond motifs is 1. The summed E-state index contributed by atoms with van der Waals surface area (Å²) in [4.78, 5) is 41.2. The lowest BCUT2D eigenvalue weighted by Gasteiger charge is -2.34. The van der Waals surface area contributed by atoms with Crippen LogP contribution in [0.25, 0.3) is 11.0 Å². The first-order valence-corrected chi connectivity index (χ1v) is 10.5. The topological polar surface area (TPSA) is 92.1 Å². The lowest BCUT2D eigenvalue weighted by molar-refractivity contribution is 0.0634. The molecule has 1 aliphatic heterocycles. The van der Waals surface area contributed by atoms with Crippen molar-refractivity contribution in [3.05, 3.63) is 76.1 Å². The third-order valence-electron chi connectivity index (χ3n) is 5.60.